The average Bonchev–Trinajstić information content (AvgIpc) is 1.60. The third kappa shape index (κ3) is 2.43. The minimum absolute atomic E-state index is 0.602. The van der Waals surface area contributed by atoms with Gasteiger partial charge in [0.2, 0.25) is 6.54 Å². The first-order valence-corrected chi connectivity index (χ1v) is 2.69. The van der Waals surface area contributed by atoms with Crippen molar-refractivity contribution in [2.24, 2.45) is 5.41 Å². The van der Waals surface area contributed by atoms with Gasteiger partial charge in [-0.25, -0.2) is 0 Å². The molecular formula is C5H8NO4-. The van der Waals surface area contributed by atoms with Gasteiger partial charge in [-0.15, -0.1) is 0 Å². The lowest BCUT2D eigenvalue weighted by Gasteiger charge is -2.19. The lowest BCUT2D eigenvalue weighted by molar-refractivity contribution is -0.496. The van der Waals surface area contributed by atoms with E-state index in [1.165, 1.54) is 13.8 Å². The van der Waals surface area contributed by atoms with Crippen LogP contribution >= 0.6 is 0 Å². The van der Waals surface area contributed by atoms with Gasteiger partial charge in [-0.1, -0.05) is 0 Å². The second kappa shape index (κ2) is 2.64. The monoisotopic (exact) mass is 146 g/mol. The minimum Gasteiger partial charge on any atom is -0.549 e. The molecule has 0 fully saturated rings. The van der Waals surface area contributed by atoms with Crippen molar-refractivity contribution in [3.63, 3.8) is 0 Å². The van der Waals surface area contributed by atoms with Crippen LogP contribution in [-0.4, -0.2) is 17.4 Å². The SMILES string of the molecule is CC(C)(C[N+](=O)[O-])C(=O)[O-]. The highest BCUT2D eigenvalue weighted by Crippen LogP contribution is 2.12. The molecule has 0 radical (unpaired) electrons. The van der Waals surface area contributed by atoms with Crippen LogP contribution in [-0.2, 0) is 4.79 Å². The van der Waals surface area contributed by atoms with Crippen molar-refractivity contribution in [1.29, 1.82) is 0 Å². The number of carboxylic acid groups (broad SMARTS) is 1. The van der Waals surface area contributed by atoms with E-state index in [2.05, 4.69) is 0 Å². The zero-order chi connectivity index (χ0) is 8.36. The zero-order valence-electron chi connectivity index (χ0n) is 5.79. The van der Waals surface area contributed by atoms with Crippen molar-refractivity contribution >= 4 is 5.97 Å². The summed E-state index contributed by atoms with van der Waals surface area (Å²) < 4.78 is 0. The van der Waals surface area contributed by atoms with Crippen LogP contribution in [0.25, 0.3) is 0 Å². The lowest BCUT2D eigenvalue weighted by atomic mass is 9.94. The highest BCUT2D eigenvalue weighted by atomic mass is 16.6. The highest BCUT2D eigenvalue weighted by Gasteiger charge is 2.25. The summed E-state index contributed by atoms with van der Waals surface area (Å²) in [6, 6.07) is 0. The van der Waals surface area contributed by atoms with Gasteiger partial charge in [0.25, 0.3) is 0 Å². The number of rotatable bonds is 3. The maximum absolute atomic E-state index is 10.1. The molecule has 0 unspecified atom stereocenters. The summed E-state index contributed by atoms with van der Waals surface area (Å²) in [4.78, 5) is 19.3. The van der Waals surface area contributed by atoms with Gasteiger partial charge in [-0.05, 0) is 13.8 Å². The molecule has 0 aliphatic heterocycles. The van der Waals surface area contributed by atoms with E-state index in [0.29, 0.717) is 0 Å². The summed E-state index contributed by atoms with van der Waals surface area (Å²) in [5, 5.41) is 20.0. The number of nitrogens with zero attached hydrogens (tertiary/aromatic N) is 1. The lowest BCUT2D eigenvalue weighted by Crippen LogP contribution is -2.42. The van der Waals surface area contributed by atoms with E-state index in [1.807, 2.05) is 0 Å². The standard InChI is InChI=1S/C5H9NO4/c1-5(2,4(7)8)3-6(9)10/h3H2,1-2H3,(H,7,8)/p-1. The molecule has 0 atom stereocenters. The fraction of sp³-hybridized carbons (Fsp3) is 0.800. The topological polar surface area (TPSA) is 83.3 Å². The Kier molecular flexibility index (Phi) is 2.34. The first-order chi connectivity index (χ1) is 4.36. The Morgan fingerprint density at radius 2 is 2.00 bits per heavy atom. The normalized spacial score (nSPS) is 11.0. The second-order valence-electron chi connectivity index (χ2n) is 2.66. The van der Waals surface area contributed by atoms with Gasteiger partial charge in [-0.3, -0.25) is 10.1 Å². The maximum atomic E-state index is 10.1. The molecule has 0 aliphatic rings. The van der Waals surface area contributed by atoms with Gasteiger partial charge in [-0.2, -0.15) is 0 Å². The maximum Gasteiger partial charge on any atom is 0.214 e. The number of aliphatic carboxylic acids is 1. The van der Waals surface area contributed by atoms with Crippen LogP contribution in [0.4, 0.5) is 0 Å². The Labute approximate surface area is 57.8 Å². The van der Waals surface area contributed by atoms with Crippen molar-refractivity contribution in [3.8, 4) is 0 Å². The van der Waals surface area contributed by atoms with Gasteiger partial charge < -0.3 is 9.90 Å². The summed E-state index contributed by atoms with van der Waals surface area (Å²) in [5.74, 6) is -1.40. The average molecular weight is 146 g/mol. The van der Waals surface area contributed by atoms with Crippen LogP contribution in [0.2, 0.25) is 0 Å². The van der Waals surface area contributed by atoms with Crippen LogP contribution in [0.15, 0.2) is 0 Å². The molecule has 0 spiro atoms. The molecule has 0 saturated carbocycles. The first-order valence-electron chi connectivity index (χ1n) is 2.69. The van der Waals surface area contributed by atoms with Crippen LogP contribution in [0.5, 0.6) is 0 Å². The molecule has 0 saturated heterocycles. The summed E-state index contributed by atoms with van der Waals surface area (Å²) >= 11 is 0. The Hall–Kier alpha value is -1.13. The predicted octanol–water partition coefficient (Wildman–Crippen LogP) is -0.961. The quantitative estimate of drug-likeness (QED) is 0.379. The van der Waals surface area contributed by atoms with Gasteiger partial charge in [0, 0.05) is 4.92 Å². The molecule has 0 aliphatic carbocycles. The Morgan fingerprint density at radius 3 is 2.10 bits per heavy atom. The van der Waals surface area contributed by atoms with Crippen LogP contribution < -0.4 is 5.11 Å². The Bertz CT molecular complexity index is 163. The van der Waals surface area contributed by atoms with E-state index in [4.69, 9.17) is 0 Å². The molecule has 0 amide bonds. The van der Waals surface area contributed by atoms with Gasteiger partial charge in [0.1, 0.15) is 0 Å². The molecule has 5 heteroatoms. The molecule has 0 aromatic rings. The summed E-state index contributed by atoms with van der Waals surface area (Å²) in [6.07, 6.45) is 0. The Balaban J connectivity index is 4.13. The number of carboxylic acids is 1. The number of hydrogen-bond donors (Lipinski definition) is 0. The van der Waals surface area contributed by atoms with E-state index in [1.54, 1.807) is 0 Å². The smallest absolute Gasteiger partial charge is 0.214 e. The summed E-state index contributed by atoms with van der Waals surface area (Å²) in [6.45, 7) is 1.91. The molecule has 5 nitrogen and oxygen atoms in total. The van der Waals surface area contributed by atoms with E-state index in [-0.39, 0.29) is 0 Å². The Morgan fingerprint density at radius 1 is 1.60 bits per heavy atom. The van der Waals surface area contributed by atoms with E-state index >= 15 is 0 Å². The molecule has 0 heterocycles. The first kappa shape index (κ1) is 8.87. The van der Waals surface area contributed by atoms with Crippen LogP contribution in [0.3, 0.4) is 0 Å². The molecule has 0 aromatic heterocycles. The predicted molar refractivity (Wildman–Crippen MR) is 30.6 cm³/mol. The van der Waals surface area contributed by atoms with Crippen molar-refractivity contribution in [1.82, 2.24) is 0 Å². The molecular weight excluding hydrogens is 138 g/mol. The molecule has 0 bridgehead atoms. The third-order valence-corrected chi connectivity index (χ3v) is 1.08. The van der Waals surface area contributed by atoms with Crippen molar-refractivity contribution in [2.45, 2.75) is 13.8 Å². The largest absolute Gasteiger partial charge is 0.549 e. The number of hydrogen-bond acceptors (Lipinski definition) is 4. The minimum atomic E-state index is -1.40. The summed E-state index contributed by atoms with van der Waals surface area (Å²) in [7, 11) is 0. The molecule has 58 valence electrons. The van der Waals surface area contributed by atoms with Crippen LogP contribution in [0, 0.1) is 15.5 Å². The molecule has 0 rings (SSSR count). The van der Waals surface area contributed by atoms with Crippen LogP contribution in [0.1, 0.15) is 13.8 Å². The van der Waals surface area contributed by atoms with Gasteiger partial charge in [0.15, 0.2) is 0 Å². The second-order valence-corrected chi connectivity index (χ2v) is 2.66. The van der Waals surface area contributed by atoms with E-state index in [9.17, 15) is 20.0 Å². The highest BCUT2D eigenvalue weighted by molar-refractivity contribution is 5.71. The van der Waals surface area contributed by atoms with E-state index < -0.39 is 22.9 Å². The molecule has 10 heavy (non-hydrogen) atoms. The number of carbonyl (C=O) groups excluding carboxylic acids is 1. The zero-order valence-corrected chi connectivity index (χ0v) is 5.79. The summed E-state index contributed by atoms with van der Waals surface area (Å²) in [5.41, 5.74) is -1.37. The van der Waals surface area contributed by atoms with E-state index in [0.717, 1.165) is 0 Å². The third-order valence-electron chi connectivity index (χ3n) is 1.08. The van der Waals surface area contributed by atoms with Crippen molar-refractivity contribution in [3.05, 3.63) is 10.1 Å². The van der Waals surface area contributed by atoms with Crippen molar-refractivity contribution in [2.75, 3.05) is 6.54 Å². The fourth-order valence-electron chi connectivity index (χ4n) is 0.387. The van der Waals surface area contributed by atoms with Crippen molar-refractivity contribution < 1.29 is 14.8 Å². The van der Waals surface area contributed by atoms with Gasteiger partial charge >= 0.3 is 0 Å². The number of carbonyl (C=O) groups is 1. The van der Waals surface area contributed by atoms with Gasteiger partial charge in [0.05, 0.1) is 11.4 Å². The molecule has 0 N–H and O–H groups in total. The fourth-order valence-corrected chi connectivity index (χ4v) is 0.387. The molecule has 0 aromatic carbocycles. The number of nitro groups is 1.